The molecule has 0 amide bonds. The molecule has 0 aromatic heterocycles. The SMILES string of the molecule is CCCCCCCCCCCC(=CCCCCC(=O)O)[N+](=O)[O-]. The second-order valence-electron chi connectivity index (χ2n) is 6.17. The first-order valence-corrected chi connectivity index (χ1v) is 9.13. The largest absolute Gasteiger partial charge is 0.481 e. The summed E-state index contributed by atoms with van der Waals surface area (Å²) in [5, 5.41) is 19.5. The second kappa shape index (κ2) is 15.5. The number of aliphatic carboxylic acids is 1. The Morgan fingerprint density at radius 1 is 0.913 bits per heavy atom. The van der Waals surface area contributed by atoms with Crippen molar-refractivity contribution < 1.29 is 14.8 Å². The quantitative estimate of drug-likeness (QED) is 0.223. The van der Waals surface area contributed by atoms with Crippen molar-refractivity contribution in [2.45, 2.75) is 96.8 Å². The van der Waals surface area contributed by atoms with Gasteiger partial charge in [-0.1, -0.05) is 58.3 Å². The van der Waals surface area contributed by atoms with E-state index in [2.05, 4.69) is 6.92 Å². The van der Waals surface area contributed by atoms with Gasteiger partial charge in [0.25, 0.3) is 0 Å². The third-order valence-corrected chi connectivity index (χ3v) is 4.00. The van der Waals surface area contributed by atoms with Gasteiger partial charge in [0, 0.05) is 12.8 Å². The average Bonchev–Trinajstić information content (AvgIpc) is 2.50. The van der Waals surface area contributed by atoms with Gasteiger partial charge in [-0.3, -0.25) is 14.9 Å². The summed E-state index contributed by atoms with van der Waals surface area (Å²) in [6.07, 6.45) is 15.0. The molecule has 0 heterocycles. The van der Waals surface area contributed by atoms with E-state index < -0.39 is 5.97 Å². The van der Waals surface area contributed by atoms with E-state index in [0.29, 0.717) is 31.4 Å². The molecule has 0 aromatic rings. The van der Waals surface area contributed by atoms with Gasteiger partial charge in [-0.2, -0.15) is 0 Å². The maximum Gasteiger partial charge on any atom is 0.303 e. The van der Waals surface area contributed by atoms with E-state index in [-0.39, 0.29) is 11.3 Å². The second-order valence-corrected chi connectivity index (χ2v) is 6.17. The highest BCUT2D eigenvalue weighted by Gasteiger charge is 2.09. The standard InChI is InChI=1S/C18H33NO4/c1-2-3-4-5-6-7-8-9-11-14-17(19(22)23)15-12-10-13-16-18(20)21/h15H,2-14,16H2,1H3,(H,20,21). The maximum atomic E-state index is 11.0. The zero-order chi connectivity index (χ0) is 17.3. The Hall–Kier alpha value is -1.39. The number of unbranched alkanes of at least 4 members (excludes halogenated alkanes) is 10. The molecule has 0 saturated carbocycles. The highest BCUT2D eigenvalue weighted by Crippen LogP contribution is 2.15. The van der Waals surface area contributed by atoms with Gasteiger partial charge in [0.15, 0.2) is 0 Å². The summed E-state index contributed by atoms with van der Waals surface area (Å²) in [5.41, 5.74) is 0.295. The molecule has 0 aliphatic rings. The van der Waals surface area contributed by atoms with Crippen molar-refractivity contribution in [3.63, 3.8) is 0 Å². The number of rotatable bonds is 16. The molecule has 0 fully saturated rings. The summed E-state index contributed by atoms with van der Waals surface area (Å²) in [6.45, 7) is 2.21. The van der Waals surface area contributed by atoms with E-state index in [4.69, 9.17) is 5.11 Å². The summed E-state index contributed by atoms with van der Waals surface area (Å²) in [4.78, 5) is 21.1. The number of nitro groups is 1. The molecule has 0 radical (unpaired) electrons. The molecule has 5 nitrogen and oxygen atoms in total. The topological polar surface area (TPSA) is 80.4 Å². The van der Waals surface area contributed by atoms with Crippen LogP contribution in [0.25, 0.3) is 0 Å². The third-order valence-electron chi connectivity index (χ3n) is 4.00. The molecule has 1 N–H and O–H groups in total. The van der Waals surface area contributed by atoms with Crippen LogP contribution < -0.4 is 0 Å². The molecule has 0 rings (SSSR count). The van der Waals surface area contributed by atoms with Gasteiger partial charge in [0.05, 0.1) is 4.92 Å². The fraction of sp³-hybridized carbons (Fsp3) is 0.833. The Bertz CT molecular complexity index is 353. The molecular weight excluding hydrogens is 294 g/mol. The first-order valence-electron chi connectivity index (χ1n) is 9.13. The molecule has 0 aromatic carbocycles. The highest BCUT2D eigenvalue weighted by atomic mass is 16.6. The Morgan fingerprint density at radius 3 is 1.96 bits per heavy atom. The fourth-order valence-electron chi connectivity index (χ4n) is 2.57. The molecule has 0 atom stereocenters. The van der Waals surface area contributed by atoms with Gasteiger partial charge in [0.2, 0.25) is 5.70 Å². The fourth-order valence-corrected chi connectivity index (χ4v) is 2.57. The predicted octanol–water partition coefficient (Wildman–Crippen LogP) is 5.71. The maximum absolute atomic E-state index is 11.0. The van der Waals surface area contributed by atoms with Crippen LogP contribution in [0.5, 0.6) is 0 Å². The van der Waals surface area contributed by atoms with Crippen LogP contribution in [0.15, 0.2) is 11.8 Å². The minimum atomic E-state index is -0.807. The zero-order valence-electron chi connectivity index (χ0n) is 14.6. The third kappa shape index (κ3) is 15.3. The number of carboxylic acids is 1. The minimum absolute atomic E-state index is 0.139. The summed E-state index contributed by atoms with van der Waals surface area (Å²) in [6, 6.07) is 0. The normalized spacial score (nSPS) is 11.6. The van der Waals surface area contributed by atoms with Crippen LogP contribution in [0.3, 0.4) is 0 Å². The van der Waals surface area contributed by atoms with Gasteiger partial charge in [-0.05, 0) is 31.8 Å². The summed E-state index contributed by atoms with van der Waals surface area (Å²) in [5.74, 6) is -0.807. The van der Waals surface area contributed by atoms with E-state index in [1.807, 2.05) is 0 Å². The van der Waals surface area contributed by atoms with Gasteiger partial charge >= 0.3 is 5.97 Å². The monoisotopic (exact) mass is 327 g/mol. The van der Waals surface area contributed by atoms with Crippen molar-refractivity contribution in [3.05, 3.63) is 21.9 Å². The molecule has 0 unspecified atom stereocenters. The molecule has 0 saturated heterocycles. The van der Waals surface area contributed by atoms with E-state index in [1.165, 1.54) is 38.5 Å². The lowest BCUT2D eigenvalue weighted by molar-refractivity contribution is -0.428. The van der Waals surface area contributed by atoms with E-state index >= 15 is 0 Å². The van der Waals surface area contributed by atoms with E-state index in [1.54, 1.807) is 6.08 Å². The lowest BCUT2D eigenvalue weighted by atomic mass is 10.1. The van der Waals surface area contributed by atoms with Crippen molar-refractivity contribution in [1.29, 1.82) is 0 Å². The van der Waals surface area contributed by atoms with E-state index in [9.17, 15) is 14.9 Å². The summed E-state index contributed by atoms with van der Waals surface area (Å²) >= 11 is 0. The van der Waals surface area contributed by atoms with Crippen LogP contribution >= 0.6 is 0 Å². The lowest BCUT2D eigenvalue weighted by Gasteiger charge is -2.02. The Balaban J connectivity index is 3.67. The smallest absolute Gasteiger partial charge is 0.303 e. The number of allylic oxidation sites excluding steroid dienone is 2. The number of carbonyl (C=O) groups is 1. The van der Waals surface area contributed by atoms with Crippen LogP contribution in [0.4, 0.5) is 0 Å². The van der Waals surface area contributed by atoms with Crippen molar-refractivity contribution >= 4 is 5.97 Å². The molecule has 0 spiro atoms. The number of carboxylic acid groups (broad SMARTS) is 1. The minimum Gasteiger partial charge on any atom is -0.481 e. The first-order chi connectivity index (χ1) is 11.1. The van der Waals surface area contributed by atoms with Crippen LogP contribution in [-0.2, 0) is 4.79 Å². The lowest BCUT2D eigenvalue weighted by Crippen LogP contribution is -1.99. The van der Waals surface area contributed by atoms with Crippen LogP contribution in [0, 0.1) is 10.1 Å². The molecule has 0 aliphatic carbocycles. The first kappa shape index (κ1) is 21.6. The van der Waals surface area contributed by atoms with Gasteiger partial charge in [-0.15, -0.1) is 0 Å². The van der Waals surface area contributed by atoms with Gasteiger partial charge < -0.3 is 5.11 Å². The van der Waals surface area contributed by atoms with E-state index in [0.717, 1.165) is 19.3 Å². The molecule has 0 bridgehead atoms. The summed E-state index contributed by atoms with van der Waals surface area (Å²) < 4.78 is 0. The molecular formula is C18H33NO4. The predicted molar refractivity (Wildman–Crippen MR) is 93.0 cm³/mol. The molecule has 134 valence electrons. The van der Waals surface area contributed by atoms with Crippen LogP contribution in [-0.4, -0.2) is 16.0 Å². The van der Waals surface area contributed by atoms with Crippen molar-refractivity contribution in [3.8, 4) is 0 Å². The Morgan fingerprint density at radius 2 is 1.43 bits per heavy atom. The highest BCUT2D eigenvalue weighted by molar-refractivity contribution is 5.66. The van der Waals surface area contributed by atoms with Gasteiger partial charge in [-0.25, -0.2) is 0 Å². The number of hydrogen-bond acceptors (Lipinski definition) is 3. The van der Waals surface area contributed by atoms with Gasteiger partial charge in [0.1, 0.15) is 0 Å². The van der Waals surface area contributed by atoms with Crippen molar-refractivity contribution in [2.24, 2.45) is 0 Å². The van der Waals surface area contributed by atoms with Crippen LogP contribution in [0.1, 0.15) is 96.8 Å². The Kier molecular flexibility index (Phi) is 14.6. The number of hydrogen-bond donors (Lipinski definition) is 1. The Labute approximate surface area is 140 Å². The molecule has 23 heavy (non-hydrogen) atoms. The zero-order valence-corrected chi connectivity index (χ0v) is 14.6. The van der Waals surface area contributed by atoms with Crippen molar-refractivity contribution in [2.75, 3.05) is 0 Å². The summed E-state index contributed by atoms with van der Waals surface area (Å²) in [7, 11) is 0. The van der Waals surface area contributed by atoms with Crippen LogP contribution in [0.2, 0.25) is 0 Å². The number of nitrogens with zero attached hydrogens (tertiary/aromatic N) is 1. The average molecular weight is 327 g/mol. The molecule has 0 aliphatic heterocycles. The van der Waals surface area contributed by atoms with Crippen molar-refractivity contribution in [1.82, 2.24) is 0 Å². The molecule has 5 heteroatoms.